The minimum Gasteiger partial charge on any atom is -0.326 e. The van der Waals surface area contributed by atoms with Crippen molar-refractivity contribution in [2.45, 2.75) is 77.8 Å². The van der Waals surface area contributed by atoms with E-state index in [1.807, 2.05) is 0 Å². The number of nitrogens with zero attached hydrogens (tertiary/aromatic N) is 1. The van der Waals surface area contributed by atoms with Crippen molar-refractivity contribution in [2.24, 2.45) is 11.8 Å². The van der Waals surface area contributed by atoms with Gasteiger partial charge >= 0.3 is 0 Å². The molecular formula is C17H32N2O. The van der Waals surface area contributed by atoms with Crippen LogP contribution in [0.4, 0.5) is 0 Å². The summed E-state index contributed by atoms with van der Waals surface area (Å²) in [7, 11) is 0. The van der Waals surface area contributed by atoms with Crippen molar-refractivity contribution in [1.29, 1.82) is 0 Å². The minimum atomic E-state index is 0.323. The fourth-order valence-electron chi connectivity index (χ4n) is 3.71. The van der Waals surface area contributed by atoms with Gasteiger partial charge in [-0.25, -0.2) is 0 Å². The Labute approximate surface area is 124 Å². The van der Waals surface area contributed by atoms with Crippen molar-refractivity contribution in [1.82, 2.24) is 10.2 Å². The van der Waals surface area contributed by atoms with Gasteiger partial charge in [0.15, 0.2) is 0 Å². The molecule has 1 saturated carbocycles. The molecule has 20 heavy (non-hydrogen) atoms. The fraction of sp³-hybridized carbons (Fsp3) is 0.941. The molecule has 0 aromatic heterocycles. The van der Waals surface area contributed by atoms with Gasteiger partial charge in [0, 0.05) is 6.54 Å². The lowest BCUT2D eigenvalue weighted by Gasteiger charge is -2.29. The Bertz CT molecular complexity index is 297. The van der Waals surface area contributed by atoms with Gasteiger partial charge in [0.25, 0.3) is 0 Å². The minimum absolute atomic E-state index is 0.323. The molecule has 116 valence electrons. The Hall–Kier alpha value is -0.570. The zero-order valence-corrected chi connectivity index (χ0v) is 13.4. The maximum atomic E-state index is 12.0. The van der Waals surface area contributed by atoms with E-state index in [1.165, 1.54) is 57.8 Å². The maximum Gasteiger partial charge on any atom is 0.237 e. The largest absolute Gasteiger partial charge is 0.326 e. The lowest BCUT2D eigenvalue weighted by molar-refractivity contribution is -0.128. The Kier molecular flexibility index (Phi) is 6.34. The molecule has 1 unspecified atom stereocenters. The summed E-state index contributed by atoms with van der Waals surface area (Å²) < 4.78 is 0. The van der Waals surface area contributed by atoms with E-state index in [0.717, 1.165) is 12.5 Å². The number of carbonyl (C=O) groups excluding carboxylic acids is 1. The molecule has 2 fully saturated rings. The third kappa shape index (κ3) is 4.47. The highest BCUT2D eigenvalue weighted by Crippen LogP contribution is 2.31. The molecule has 1 aliphatic carbocycles. The van der Waals surface area contributed by atoms with Gasteiger partial charge in [0.05, 0.1) is 12.7 Å². The average Bonchev–Trinajstić information content (AvgIpc) is 3.03. The quantitative estimate of drug-likeness (QED) is 0.690. The fourth-order valence-corrected chi connectivity index (χ4v) is 3.71. The van der Waals surface area contributed by atoms with Gasteiger partial charge in [-0.3, -0.25) is 10.1 Å². The first kappa shape index (κ1) is 15.8. The summed E-state index contributed by atoms with van der Waals surface area (Å²) in [6.07, 6.45) is 12.1. The number of hydrogen-bond donors (Lipinski definition) is 1. The predicted octanol–water partition coefficient (Wildman–Crippen LogP) is 3.54. The van der Waals surface area contributed by atoms with Crippen LogP contribution in [-0.2, 0) is 4.79 Å². The summed E-state index contributed by atoms with van der Waals surface area (Å²) >= 11 is 0. The summed E-state index contributed by atoms with van der Waals surface area (Å²) in [5.41, 5.74) is 0. The second-order valence-electron chi connectivity index (χ2n) is 7.05. The second kappa shape index (κ2) is 8.02. The summed E-state index contributed by atoms with van der Waals surface area (Å²) in [6, 6.07) is 0. The molecule has 1 atom stereocenters. The molecule has 3 nitrogen and oxygen atoms in total. The Balaban J connectivity index is 1.65. The van der Waals surface area contributed by atoms with E-state index in [0.29, 0.717) is 24.5 Å². The molecule has 1 N–H and O–H groups in total. The van der Waals surface area contributed by atoms with Gasteiger partial charge in [0.1, 0.15) is 0 Å². The van der Waals surface area contributed by atoms with E-state index < -0.39 is 0 Å². The van der Waals surface area contributed by atoms with Crippen molar-refractivity contribution in [3.05, 3.63) is 0 Å². The van der Waals surface area contributed by atoms with Crippen molar-refractivity contribution in [3.63, 3.8) is 0 Å². The van der Waals surface area contributed by atoms with Crippen molar-refractivity contribution in [2.75, 3.05) is 13.1 Å². The molecule has 0 bridgehead atoms. The first-order valence-corrected chi connectivity index (χ1v) is 8.71. The molecule has 1 heterocycles. The second-order valence-corrected chi connectivity index (χ2v) is 7.05. The van der Waals surface area contributed by atoms with Gasteiger partial charge in [-0.2, -0.15) is 0 Å². The molecule has 2 rings (SSSR count). The van der Waals surface area contributed by atoms with E-state index in [9.17, 15) is 4.79 Å². The molecule has 0 radical (unpaired) electrons. The number of rotatable bonds is 8. The molecule has 1 amide bonds. The number of carbonyl (C=O) groups is 1. The van der Waals surface area contributed by atoms with Crippen LogP contribution in [-0.4, -0.2) is 30.1 Å². The van der Waals surface area contributed by atoms with Crippen LogP contribution in [0.2, 0.25) is 0 Å². The summed E-state index contributed by atoms with van der Waals surface area (Å²) in [4.78, 5) is 14.2. The van der Waals surface area contributed by atoms with Crippen LogP contribution < -0.4 is 5.32 Å². The maximum absolute atomic E-state index is 12.0. The van der Waals surface area contributed by atoms with E-state index in [4.69, 9.17) is 0 Å². The summed E-state index contributed by atoms with van der Waals surface area (Å²) in [6.45, 7) is 6.12. The van der Waals surface area contributed by atoms with Gasteiger partial charge in [-0.1, -0.05) is 52.4 Å². The van der Waals surface area contributed by atoms with Crippen LogP contribution in [0.1, 0.15) is 71.6 Å². The molecule has 0 aromatic rings. The lowest BCUT2D eigenvalue weighted by Crippen LogP contribution is -2.42. The van der Waals surface area contributed by atoms with Crippen LogP contribution >= 0.6 is 0 Å². The zero-order valence-electron chi connectivity index (χ0n) is 13.4. The molecule has 1 saturated heterocycles. The molecule has 0 aromatic carbocycles. The Morgan fingerprint density at radius 2 is 1.85 bits per heavy atom. The highest BCUT2D eigenvalue weighted by atomic mass is 16.2. The predicted molar refractivity (Wildman–Crippen MR) is 83.4 cm³/mol. The van der Waals surface area contributed by atoms with E-state index >= 15 is 0 Å². The molecule has 0 spiro atoms. The van der Waals surface area contributed by atoms with Crippen LogP contribution in [0.25, 0.3) is 0 Å². The molecule has 1 aliphatic heterocycles. The Morgan fingerprint density at radius 1 is 1.15 bits per heavy atom. The van der Waals surface area contributed by atoms with Gasteiger partial charge in [0.2, 0.25) is 5.91 Å². The van der Waals surface area contributed by atoms with Gasteiger partial charge < -0.3 is 4.90 Å². The average molecular weight is 280 g/mol. The topological polar surface area (TPSA) is 32.3 Å². The monoisotopic (exact) mass is 280 g/mol. The lowest BCUT2D eigenvalue weighted by atomic mass is 10.0. The third-order valence-corrected chi connectivity index (χ3v) is 4.90. The number of hydrogen-bond acceptors (Lipinski definition) is 2. The van der Waals surface area contributed by atoms with Crippen LogP contribution in [0.15, 0.2) is 0 Å². The standard InChI is InChI=1S/C17H32N2O/c1-14(2)9-5-3-4-8-12-19-16(20)13-18-17(19)15-10-6-7-11-15/h14-15,17-18H,3-13H2,1-2H3. The van der Waals surface area contributed by atoms with E-state index in [-0.39, 0.29) is 0 Å². The first-order valence-electron chi connectivity index (χ1n) is 8.71. The van der Waals surface area contributed by atoms with E-state index in [2.05, 4.69) is 24.1 Å². The third-order valence-electron chi connectivity index (χ3n) is 4.90. The smallest absolute Gasteiger partial charge is 0.237 e. The normalized spacial score (nSPS) is 24.2. The van der Waals surface area contributed by atoms with Crippen molar-refractivity contribution >= 4 is 5.91 Å². The van der Waals surface area contributed by atoms with Crippen LogP contribution in [0.3, 0.4) is 0 Å². The Morgan fingerprint density at radius 3 is 2.55 bits per heavy atom. The van der Waals surface area contributed by atoms with Crippen LogP contribution in [0, 0.1) is 11.8 Å². The summed E-state index contributed by atoms with van der Waals surface area (Å²) in [5, 5.41) is 3.44. The zero-order chi connectivity index (χ0) is 14.4. The summed E-state index contributed by atoms with van der Waals surface area (Å²) in [5.74, 6) is 1.86. The molecule has 2 aliphatic rings. The highest BCUT2D eigenvalue weighted by Gasteiger charge is 2.36. The van der Waals surface area contributed by atoms with E-state index in [1.54, 1.807) is 0 Å². The first-order chi connectivity index (χ1) is 9.68. The number of unbranched alkanes of at least 4 members (excludes halogenated alkanes) is 3. The van der Waals surface area contributed by atoms with Crippen molar-refractivity contribution in [3.8, 4) is 0 Å². The molecule has 3 heteroatoms. The number of amides is 1. The molecular weight excluding hydrogens is 248 g/mol. The van der Waals surface area contributed by atoms with Gasteiger partial charge in [-0.05, 0) is 31.1 Å². The van der Waals surface area contributed by atoms with Crippen molar-refractivity contribution < 1.29 is 4.79 Å². The number of nitrogens with one attached hydrogen (secondary N) is 1. The van der Waals surface area contributed by atoms with Crippen LogP contribution in [0.5, 0.6) is 0 Å². The SMILES string of the molecule is CC(C)CCCCCCN1C(=O)CNC1C1CCCC1. The van der Waals surface area contributed by atoms with Gasteiger partial charge in [-0.15, -0.1) is 0 Å². The highest BCUT2D eigenvalue weighted by molar-refractivity contribution is 5.80.